The van der Waals surface area contributed by atoms with Gasteiger partial charge in [0, 0.05) is 23.6 Å². The topological polar surface area (TPSA) is 158 Å². The maximum Gasteiger partial charge on any atom is 0.303 e. The predicted molar refractivity (Wildman–Crippen MR) is 128 cm³/mol. The molecule has 11 nitrogen and oxygen atoms in total. The number of aromatic nitrogens is 1. The Morgan fingerprint density at radius 2 is 1.62 bits per heavy atom. The molecule has 0 bridgehead atoms. The fraction of sp³-hybridized carbons (Fsp3) is 0.545. The lowest BCUT2D eigenvalue weighted by molar-refractivity contribution is -0.143. The van der Waals surface area contributed by atoms with Crippen molar-refractivity contribution in [2.24, 2.45) is 0 Å². The van der Waals surface area contributed by atoms with Gasteiger partial charge in [0.2, 0.25) is 10.0 Å². The molecule has 34 heavy (non-hydrogen) atoms. The summed E-state index contributed by atoms with van der Waals surface area (Å²) in [6.45, 7) is 4.08. The van der Waals surface area contributed by atoms with E-state index in [2.05, 4.69) is 14.6 Å². The first kappa shape index (κ1) is 29.5. The SMILES string of the molecule is C1COCCO1.CNS(=O)(=O)Cc1ccc2[nH]cc(CCN(C)C)c2c1.O=C(O)CCC(=O)O. The molecule has 3 rings (SSSR count). The van der Waals surface area contributed by atoms with Crippen LogP contribution in [0.2, 0.25) is 0 Å². The summed E-state index contributed by atoms with van der Waals surface area (Å²) >= 11 is 0. The number of carbonyl (C=O) groups is 2. The van der Waals surface area contributed by atoms with E-state index < -0.39 is 22.0 Å². The number of rotatable bonds is 9. The van der Waals surface area contributed by atoms with E-state index in [4.69, 9.17) is 19.7 Å². The van der Waals surface area contributed by atoms with Gasteiger partial charge >= 0.3 is 11.9 Å². The Hall–Kier alpha value is -2.51. The molecule has 0 saturated carbocycles. The van der Waals surface area contributed by atoms with Crippen molar-refractivity contribution < 1.29 is 37.7 Å². The first-order valence-electron chi connectivity index (χ1n) is 10.8. The molecule has 12 heteroatoms. The molecule has 2 aromatic rings. The van der Waals surface area contributed by atoms with Crippen LogP contribution in [0.4, 0.5) is 0 Å². The summed E-state index contributed by atoms with van der Waals surface area (Å²) < 4.78 is 35.5. The second kappa shape index (κ2) is 15.4. The lowest BCUT2D eigenvalue weighted by atomic mass is 10.1. The molecular formula is C22H35N3O8S. The average molecular weight is 502 g/mol. The zero-order valence-corrected chi connectivity index (χ0v) is 20.7. The van der Waals surface area contributed by atoms with E-state index in [0.717, 1.165) is 55.9 Å². The third-order valence-electron chi connectivity index (χ3n) is 4.62. The van der Waals surface area contributed by atoms with E-state index in [-0.39, 0.29) is 18.6 Å². The average Bonchev–Trinajstić information content (AvgIpc) is 3.20. The predicted octanol–water partition coefficient (Wildman–Crippen LogP) is 1.29. The van der Waals surface area contributed by atoms with Gasteiger partial charge < -0.3 is 29.6 Å². The lowest BCUT2D eigenvalue weighted by Crippen LogP contribution is -2.20. The van der Waals surface area contributed by atoms with E-state index in [1.54, 1.807) is 0 Å². The Morgan fingerprint density at radius 3 is 2.06 bits per heavy atom. The second-order valence-electron chi connectivity index (χ2n) is 7.72. The summed E-state index contributed by atoms with van der Waals surface area (Å²) in [5.41, 5.74) is 3.07. The number of nitrogens with zero attached hydrogens (tertiary/aromatic N) is 1. The van der Waals surface area contributed by atoms with Crippen LogP contribution in [0.15, 0.2) is 24.4 Å². The Labute approximate surface area is 200 Å². The zero-order valence-electron chi connectivity index (χ0n) is 19.9. The number of benzene rings is 1. The molecule has 192 valence electrons. The summed E-state index contributed by atoms with van der Waals surface area (Å²) in [5, 5.41) is 16.9. The first-order chi connectivity index (χ1) is 16.0. The minimum absolute atomic E-state index is 0.0116. The van der Waals surface area contributed by atoms with Gasteiger partial charge in [-0.05, 0) is 50.8 Å². The van der Waals surface area contributed by atoms with Crippen molar-refractivity contribution in [1.82, 2.24) is 14.6 Å². The number of H-pyrrole nitrogens is 1. The van der Waals surface area contributed by atoms with Crippen molar-refractivity contribution in [3.05, 3.63) is 35.5 Å². The van der Waals surface area contributed by atoms with Crippen LogP contribution in [-0.4, -0.2) is 94.6 Å². The van der Waals surface area contributed by atoms with Crippen LogP contribution in [0.25, 0.3) is 10.9 Å². The molecule has 4 N–H and O–H groups in total. The smallest absolute Gasteiger partial charge is 0.303 e. The van der Waals surface area contributed by atoms with Crippen LogP contribution >= 0.6 is 0 Å². The molecule has 1 aromatic carbocycles. The van der Waals surface area contributed by atoms with Crippen LogP contribution < -0.4 is 4.72 Å². The number of carboxylic acids is 2. The number of hydrogen-bond donors (Lipinski definition) is 4. The standard InChI is InChI=1S/C14H21N3O2S.C4H6O4.C4H8O2/c1-15-20(18,19)10-11-4-5-14-13(8-11)12(9-16-14)6-7-17(2)3;5-3(6)1-2-4(7)8;1-2-6-4-3-5-1/h4-5,8-9,15-16H,6-7,10H2,1-3H3;1-2H2,(H,5,6)(H,7,8);1-4H2. The number of sulfonamides is 1. The molecular weight excluding hydrogens is 466 g/mol. The van der Waals surface area contributed by atoms with Gasteiger partial charge in [0.05, 0.1) is 45.0 Å². The summed E-state index contributed by atoms with van der Waals surface area (Å²) in [6, 6.07) is 5.75. The number of carboxylic acid groups (broad SMARTS) is 2. The number of ether oxygens (including phenoxy) is 2. The van der Waals surface area contributed by atoms with Crippen molar-refractivity contribution >= 4 is 32.9 Å². The number of aliphatic carboxylic acids is 2. The molecule has 0 aliphatic carbocycles. The van der Waals surface area contributed by atoms with Crippen molar-refractivity contribution in [2.75, 3.05) is 54.1 Å². The van der Waals surface area contributed by atoms with Crippen LogP contribution in [-0.2, 0) is 41.3 Å². The third kappa shape index (κ3) is 12.7. The number of aromatic amines is 1. The highest BCUT2D eigenvalue weighted by molar-refractivity contribution is 7.88. The molecule has 0 spiro atoms. The maximum absolute atomic E-state index is 11.6. The maximum atomic E-state index is 11.6. The molecule has 0 amide bonds. The molecule has 1 fully saturated rings. The van der Waals surface area contributed by atoms with E-state index in [9.17, 15) is 18.0 Å². The minimum atomic E-state index is -3.23. The van der Waals surface area contributed by atoms with Gasteiger partial charge in [-0.2, -0.15) is 0 Å². The molecule has 1 aromatic heterocycles. The normalized spacial score (nSPS) is 13.5. The molecule has 1 aliphatic heterocycles. The van der Waals surface area contributed by atoms with Gasteiger partial charge in [0.25, 0.3) is 0 Å². The Bertz CT molecular complexity index is 975. The fourth-order valence-corrected chi connectivity index (χ4v) is 3.57. The Morgan fingerprint density at radius 1 is 1.06 bits per heavy atom. The second-order valence-corrected chi connectivity index (χ2v) is 9.65. The summed E-state index contributed by atoms with van der Waals surface area (Å²) in [4.78, 5) is 24.6. The largest absolute Gasteiger partial charge is 0.481 e. The van der Waals surface area contributed by atoms with Gasteiger partial charge in [0.15, 0.2) is 0 Å². The van der Waals surface area contributed by atoms with Crippen LogP contribution in [0, 0.1) is 0 Å². The number of hydrogen-bond acceptors (Lipinski definition) is 7. The van der Waals surface area contributed by atoms with E-state index >= 15 is 0 Å². The van der Waals surface area contributed by atoms with Gasteiger partial charge in [-0.25, -0.2) is 13.1 Å². The highest BCUT2D eigenvalue weighted by Gasteiger charge is 2.11. The summed E-state index contributed by atoms with van der Waals surface area (Å²) in [5.74, 6) is -2.14. The molecule has 0 radical (unpaired) electrons. The number of fused-ring (bicyclic) bond motifs is 1. The monoisotopic (exact) mass is 501 g/mol. The molecule has 2 heterocycles. The number of nitrogens with one attached hydrogen (secondary N) is 2. The van der Waals surface area contributed by atoms with Crippen molar-refractivity contribution in [3.8, 4) is 0 Å². The number of likely N-dealkylation sites (N-methyl/N-ethyl adjacent to an activating group) is 1. The van der Waals surface area contributed by atoms with Gasteiger partial charge in [-0.3, -0.25) is 9.59 Å². The van der Waals surface area contributed by atoms with Crippen molar-refractivity contribution in [1.29, 1.82) is 0 Å². The summed E-state index contributed by atoms with van der Waals surface area (Å²) in [6.07, 6.45) is 2.35. The highest BCUT2D eigenvalue weighted by Crippen LogP contribution is 2.21. The van der Waals surface area contributed by atoms with Gasteiger partial charge in [0.1, 0.15) is 0 Å². The van der Waals surface area contributed by atoms with Crippen LogP contribution in [0.3, 0.4) is 0 Å². The molecule has 1 aliphatic rings. The minimum Gasteiger partial charge on any atom is -0.481 e. The third-order valence-corrected chi connectivity index (χ3v) is 5.96. The van der Waals surface area contributed by atoms with Crippen molar-refractivity contribution in [3.63, 3.8) is 0 Å². The van der Waals surface area contributed by atoms with Gasteiger partial charge in [-0.15, -0.1) is 0 Å². The highest BCUT2D eigenvalue weighted by atomic mass is 32.2. The Kier molecular flexibility index (Phi) is 13.4. The van der Waals surface area contributed by atoms with Gasteiger partial charge in [-0.1, -0.05) is 6.07 Å². The van der Waals surface area contributed by atoms with Crippen molar-refractivity contribution in [2.45, 2.75) is 25.0 Å². The summed E-state index contributed by atoms with van der Waals surface area (Å²) in [7, 11) is 2.29. The van der Waals surface area contributed by atoms with E-state index in [1.165, 1.54) is 12.6 Å². The van der Waals surface area contributed by atoms with Crippen LogP contribution in [0.1, 0.15) is 24.0 Å². The quantitative estimate of drug-likeness (QED) is 0.397. The zero-order chi connectivity index (χ0) is 25.6. The Balaban J connectivity index is 0.000000337. The van der Waals surface area contributed by atoms with E-state index in [0.29, 0.717) is 0 Å². The first-order valence-corrected chi connectivity index (χ1v) is 12.4. The van der Waals surface area contributed by atoms with E-state index in [1.807, 2.05) is 38.5 Å². The van der Waals surface area contributed by atoms with Crippen LogP contribution in [0.5, 0.6) is 0 Å². The molecule has 0 unspecified atom stereocenters. The molecule has 0 atom stereocenters. The lowest BCUT2D eigenvalue weighted by Gasteiger charge is -2.09. The molecule has 1 saturated heterocycles. The fourth-order valence-electron chi connectivity index (χ4n) is 2.81.